The molecule has 210 valence electrons. The number of fused-ring (bicyclic) bond motifs is 5. The first-order valence-electron chi connectivity index (χ1n) is 15.1. The molecule has 0 amide bonds. The van der Waals surface area contributed by atoms with Gasteiger partial charge < -0.3 is 14.5 Å². The Labute approximate surface area is 230 Å². The van der Waals surface area contributed by atoms with Gasteiger partial charge in [0.2, 0.25) is 5.71 Å². The SMILES string of the molecule is CC(C)ON=C(C(=O)O)c1nc2ccccc2n([C@H]2C[C@H]3CCC[C@@H](C2)N3C2CC3CCCCC(C3)C2)c1=O. The third-order valence-corrected chi connectivity index (χ3v) is 9.72. The van der Waals surface area contributed by atoms with Crippen LogP contribution in [0.2, 0.25) is 0 Å². The highest BCUT2D eigenvalue weighted by Gasteiger charge is 2.45. The van der Waals surface area contributed by atoms with Crippen LogP contribution in [-0.4, -0.2) is 55.5 Å². The first-order valence-corrected chi connectivity index (χ1v) is 15.1. The van der Waals surface area contributed by atoms with E-state index >= 15 is 0 Å². The summed E-state index contributed by atoms with van der Waals surface area (Å²) in [7, 11) is 0. The Bertz CT molecular complexity index is 1280. The molecule has 0 spiro atoms. The van der Waals surface area contributed by atoms with Crippen molar-refractivity contribution in [3.8, 4) is 0 Å². The van der Waals surface area contributed by atoms with Crippen molar-refractivity contribution < 1.29 is 14.7 Å². The number of carboxylic acid groups (broad SMARTS) is 1. The number of aromatic nitrogens is 2. The van der Waals surface area contributed by atoms with Gasteiger partial charge in [0.25, 0.3) is 5.56 Å². The first kappa shape index (κ1) is 26.5. The summed E-state index contributed by atoms with van der Waals surface area (Å²) < 4.78 is 1.84. The molecule has 2 aromatic rings. The molecular formula is C31H42N4O4. The second-order valence-corrected chi connectivity index (χ2v) is 12.7. The first-order chi connectivity index (χ1) is 18.9. The molecule has 8 nitrogen and oxygen atoms in total. The molecule has 1 aromatic carbocycles. The molecule has 2 aliphatic carbocycles. The van der Waals surface area contributed by atoms with Crippen molar-refractivity contribution in [2.45, 2.75) is 121 Å². The lowest BCUT2D eigenvalue weighted by molar-refractivity contribution is -0.129. The average Bonchev–Trinajstić information content (AvgIpc) is 3.07. The quantitative estimate of drug-likeness (QED) is 0.387. The Hall–Kier alpha value is -2.74. The molecule has 3 heterocycles. The summed E-state index contributed by atoms with van der Waals surface area (Å²) in [6.07, 6.45) is 14.8. The van der Waals surface area contributed by atoms with Gasteiger partial charge >= 0.3 is 5.97 Å². The van der Waals surface area contributed by atoms with E-state index in [1.54, 1.807) is 13.8 Å². The Balaban J connectivity index is 1.36. The van der Waals surface area contributed by atoms with Crippen LogP contribution in [0, 0.1) is 11.8 Å². The number of oxime groups is 1. The zero-order valence-electron chi connectivity index (χ0n) is 23.3. The molecule has 2 saturated heterocycles. The fourth-order valence-corrected chi connectivity index (χ4v) is 8.32. The molecule has 0 radical (unpaired) electrons. The fraction of sp³-hybridized carbons (Fsp3) is 0.677. The molecule has 4 bridgehead atoms. The second-order valence-electron chi connectivity index (χ2n) is 12.7. The number of hydrogen-bond donors (Lipinski definition) is 1. The summed E-state index contributed by atoms with van der Waals surface area (Å²) in [6, 6.07) is 9.18. The van der Waals surface area contributed by atoms with E-state index in [1.165, 1.54) is 64.2 Å². The lowest BCUT2D eigenvalue weighted by atomic mass is 9.73. The number of nitrogens with zero attached hydrogens (tertiary/aromatic N) is 4. The second kappa shape index (κ2) is 11.0. The highest BCUT2D eigenvalue weighted by molar-refractivity contribution is 6.41. The summed E-state index contributed by atoms with van der Waals surface area (Å²) >= 11 is 0. The third-order valence-electron chi connectivity index (χ3n) is 9.72. The minimum Gasteiger partial charge on any atom is -0.476 e. The van der Waals surface area contributed by atoms with Gasteiger partial charge in [-0.3, -0.25) is 9.69 Å². The summed E-state index contributed by atoms with van der Waals surface area (Å²) in [5.41, 5.74) is 0.402. The molecular weight excluding hydrogens is 492 g/mol. The van der Waals surface area contributed by atoms with E-state index in [0.717, 1.165) is 30.2 Å². The number of aliphatic carboxylic acids is 1. The van der Waals surface area contributed by atoms with E-state index in [4.69, 9.17) is 4.84 Å². The van der Waals surface area contributed by atoms with Crippen molar-refractivity contribution in [3.63, 3.8) is 0 Å². The van der Waals surface area contributed by atoms with Crippen LogP contribution in [0.4, 0.5) is 0 Å². The van der Waals surface area contributed by atoms with Crippen molar-refractivity contribution in [3.05, 3.63) is 40.3 Å². The highest BCUT2D eigenvalue weighted by atomic mass is 16.6. The predicted octanol–water partition coefficient (Wildman–Crippen LogP) is 5.53. The third kappa shape index (κ3) is 5.24. The maximum Gasteiger partial charge on any atom is 0.360 e. The Kier molecular flexibility index (Phi) is 7.49. The molecule has 2 saturated carbocycles. The molecule has 2 aliphatic heterocycles. The molecule has 6 rings (SSSR count). The van der Waals surface area contributed by atoms with Crippen LogP contribution < -0.4 is 5.56 Å². The number of para-hydroxylation sites is 2. The van der Waals surface area contributed by atoms with Crippen LogP contribution in [-0.2, 0) is 9.63 Å². The van der Waals surface area contributed by atoms with Crippen molar-refractivity contribution in [1.82, 2.24) is 14.5 Å². The normalized spacial score (nSPS) is 31.7. The van der Waals surface area contributed by atoms with Gasteiger partial charge in [0.15, 0.2) is 5.69 Å². The fourth-order valence-electron chi connectivity index (χ4n) is 8.32. The van der Waals surface area contributed by atoms with E-state index in [1.807, 2.05) is 28.8 Å². The van der Waals surface area contributed by atoms with Gasteiger partial charge in [-0.15, -0.1) is 0 Å². The van der Waals surface area contributed by atoms with Crippen LogP contribution in [0.15, 0.2) is 34.2 Å². The molecule has 4 aliphatic rings. The summed E-state index contributed by atoms with van der Waals surface area (Å²) in [6.45, 7) is 3.53. The van der Waals surface area contributed by atoms with Crippen molar-refractivity contribution in [1.29, 1.82) is 0 Å². The smallest absolute Gasteiger partial charge is 0.360 e. The van der Waals surface area contributed by atoms with E-state index in [0.29, 0.717) is 23.6 Å². The minimum atomic E-state index is -1.31. The standard InChI is InChI=1S/C31H42N4O4/c1-19(2)39-33-29(31(37)38)28-30(36)35(27-13-6-5-12-26(27)32-28)25-17-22-10-7-11-23(18-25)34(22)24-15-20-8-3-4-9-21(14-20)16-24/h5-6,12-13,19-25H,3-4,7-11,14-18H2,1-2H3,(H,37,38)/t20?,21?,22-,23+,24?,25+. The van der Waals surface area contributed by atoms with E-state index < -0.39 is 11.7 Å². The monoisotopic (exact) mass is 534 g/mol. The molecule has 2 unspecified atom stereocenters. The Morgan fingerprint density at radius 2 is 1.59 bits per heavy atom. The van der Waals surface area contributed by atoms with E-state index in [-0.39, 0.29) is 23.4 Å². The van der Waals surface area contributed by atoms with E-state index in [9.17, 15) is 14.7 Å². The maximum absolute atomic E-state index is 14.0. The summed E-state index contributed by atoms with van der Waals surface area (Å²) in [5, 5.41) is 13.8. The molecule has 1 aromatic heterocycles. The predicted molar refractivity (Wildman–Crippen MR) is 151 cm³/mol. The van der Waals surface area contributed by atoms with Gasteiger partial charge in [0.05, 0.1) is 11.0 Å². The topological polar surface area (TPSA) is 97.0 Å². The number of carboxylic acids is 1. The minimum absolute atomic E-state index is 0.00244. The summed E-state index contributed by atoms with van der Waals surface area (Å²) in [4.78, 5) is 38.9. The average molecular weight is 535 g/mol. The van der Waals surface area contributed by atoms with Gasteiger partial charge in [0, 0.05) is 24.2 Å². The van der Waals surface area contributed by atoms with Crippen molar-refractivity contribution in [2.75, 3.05) is 0 Å². The van der Waals surface area contributed by atoms with Crippen LogP contribution >= 0.6 is 0 Å². The number of carbonyl (C=O) groups is 1. The highest BCUT2D eigenvalue weighted by Crippen LogP contribution is 2.47. The molecule has 5 atom stereocenters. The van der Waals surface area contributed by atoms with Gasteiger partial charge in [-0.2, -0.15) is 0 Å². The lowest BCUT2D eigenvalue weighted by Gasteiger charge is -2.54. The zero-order valence-corrected chi connectivity index (χ0v) is 23.3. The van der Waals surface area contributed by atoms with Crippen LogP contribution in [0.5, 0.6) is 0 Å². The molecule has 39 heavy (non-hydrogen) atoms. The van der Waals surface area contributed by atoms with Crippen LogP contribution in [0.25, 0.3) is 11.0 Å². The number of hydrogen-bond acceptors (Lipinski definition) is 6. The maximum atomic E-state index is 14.0. The number of piperidine rings is 2. The molecule has 8 heteroatoms. The Morgan fingerprint density at radius 1 is 0.923 bits per heavy atom. The Morgan fingerprint density at radius 3 is 2.23 bits per heavy atom. The van der Waals surface area contributed by atoms with Gasteiger partial charge in [0.1, 0.15) is 6.10 Å². The number of rotatable bonds is 6. The van der Waals surface area contributed by atoms with E-state index in [2.05, 4.69) is 15.0 Å². The summed E-state index contributed by atoms with van der Waals surface area (Å²) in [5.74, 6) is 0.448. The number of benzene rings is 1. The largest absolute Gasteiger partial charge is 0.476 e. The lowest BCUT2D eigenvalue weighted by Crippen LogP contribution is -2.58. The molecule has 4 fully saturated rings. The van der Waals surface area contributed by atoms with Crippen LogP contribution in [0.1, 0.15) is 103 Å². The zero-order chi connectivity index (χ0) is 27.1. The van der Waals surface area contributed by atoms with Crippen molar-refractivity contribution >= 4 is 22.7 Å². The van der Waals surface area contributed by atoms with Gasteiger partial charge in [-0.05, 0) is 82.8 Å². The van der Waals surface area contributed by atoms with Gasteiger partial charge in [-0.1, -0.05) is 49.4 Å². The van der Waals surface area contributed by atoms with Gasteiger partial charge in [-0.25, -0.2) is 9.78 Å². The van der Waals surface area contributed by atoms with Crippen molar-refractivity contribution in [2.24, 2.45) is 17.0 Å². The molecule has 1 N–H and O–H groups in total. The van der Waals surface area contributed by atoms with Crippen LogP contribution in [0.3, 0.4) is 0 Å².